The molecule has 2 aliphatic carbocycles. The van der Waals surface area contributed by atoms with E-state index in [1.54, 1.807) is 0 Å². The van der Waals surface area contributed by atoms with E-state index in [0.717, 1.165) is 11.8 Å². The first-order valence-corrected chi connectivity index (χ1v) is 8.50. The number of allylic oxidation sites excluding steroid dienone is 4. The van der Waals surface area contributed by atoms with Crippen LogP contribution in [0, 0.1) is 11.8 Å². The zero-order chi connectivity index (χ0) is 13.5. The van der Waals surface area contributed by atoms with Crippen molar-refractivity contribution in [3.8, 4) is 0 Å². The van der Waals surface area contributed by atoms with Crippen molar-refractivity contribution in [2.75, 3.05) is 5.32 Å². The van der Waals surface area contributed by atoms with Gasteiger partial charge in [0.05, 0.1) is 0 Å². The molecule has 0 saturated heterocycles. The molecule has 0 saturated carbocycles. The van der Waals surface area contributed by atoms with Gasteiger partial charge in [-0.25, -0.2) is 0 Å². The summed E-state index contributed by atoms with van der Waals surface area (Å²) >= 11 is 3.62. The Balaban J connectivity index is 1.70. The van der Waals surface area contributed by atoms with Gasteiger partial charge in [-0.15, -0.1) is 0 Å². The molecule has 1 aliphatic heterocycles. The van der Waals surface area contributed by atoms with Crippen molar-refractivity contribution < 1.29 is 0 Å². The van der Waals surface area contributed by atoms with E-state index >= 15 is 0 Å². The molecule has 1 N–H and O–H groups in total. The van der Waals surface area contributed by atoms with Gasteiger partial charge in [-0.2, -0.15) is 0 Å². The quantitative estimate of drug-likeness (QED) is 0.693. The van der Waals surface area contributed by atoms with Crippen LogP contribution >= 0.6 is 15.9 Å². The molecule has 4 rings (SSSR count). The molecule has 0 radical (unpaired) electrons. The molecule has 0 bridgehead atoms. The number of rotatable bonds is 1. The van der Waals surface area contributed by atoms with Gasteiger partial charge in [-0.05, 0) is 61.3 Å². The predicted molar refractivity (Wildman–Crippen MR) is 88.0 cm³/mol. The van der Waals surface area contributed by atoms with E-state index in [0.29, 0.717) is 12.0 Å². The van der Waals surface area contributed by atoms with Crippen LogP contribution in [0.5, 0.6) is 0 Å². The molecular formula is C18H20BrN. The zero-order valence-electron chi connectivity index (χ0n) is 11.6. The van der Waals surface area contributed by atoms with E-state index in [1.165, 1.54) is 41.4 Å². The second kappa shape index (κ2) is 5.07. The molecule has 104 valence electrons. The predicted octanol–water partition coefficient (Wildman–Crippen LogP) is 5.26. The maximum atomic E-state index is 3.87. The third-order valence-electron chi connectivity index (χ3n) is 5.19. The van der Waals surface area contributed by atoms with Gasteiger partial charge in [-0.3, -0.25) is 0 Å². The average molecular weight is 330 g/mol. The topological polar surface area (TPSA) is 12.0 Å². The lowest BCUT2D eigenvalue weighted by atomic mass is 9.72. The molecule has 0 aromatic heterocycles. The molecule has 0 amide bonds. The van der Waals surface area contributed by atoms with E-state index in [2.05, 4.69) is 63.7 Å². The summed E-state index contributed by atoms with van der Waals surface area (Å²) in [5.41, 5.74) is 2.82. The third kappa shape index (κ3) is 2.05. The van der Waals surface area contributed by atoms with Crippen LogP contribution < -0.4 is 5.32 Å². The maximum Gasteiger partial charge on any atom is 0.0382 e. The summed E-state index contributed by atoms with van der Waals surface area (Å²) in [5.74, 6) is 2.15. The second-order valence-corrected chi connectivity index (χ2v) is 7.22. The molecule has 0 fully saturated rings. The van der Waals surface area contributed by atoms with Crippen molar-refractivity contribution >= 4 is 21.6 Å². The largest absolute Gasteiger partial charge is 0.381 e. The van der Waals surface area contributed by atoms with Crippen LogP contribution in [0.2, 0.25) is 0 Å². The third-order valence-corrected chi connectivity index (χ3v) is 5.68. The number of hydrogen-bond acceptors (Lipinski definition) is 1. The average Bonchev–Trinajstić information content (AvgIpc) is 2.97. The van der Waals surface area contributed by atoms with E-state index in [-0.39, 0.29) is 0 Å². The Hall–Kier alpha value is -1.02. The molecule has 3 aliphatic rings. The van der Waals surface area contributed by atoms with E-state index in [4.69, 9.17) is 0 Å². The van der Waals surface area contributed by atoms with Gasteiger partial charge >= 0.3 is 0 Å². The monoisotopic (exact) mass is 329 g/mol. The zero-order valence-corrected chi connectivity index (χ0v) is 13.1. The Morgan fingerprint density at radius 2 is 2.05 bits per heavy atom. The highest BCUT2D eigenvalue weighted by atomic mass is 79.9. The molecular weight excluding hydrogens is 310 g/mol. The first-order valence-electron chi connectivity index (χ1n) is 7.70. The summed E-state index contributed by atoms with van der Waals surface area (Å²) in [7, 11) is 0. The Labute approximate surface area is 129 Å². The highest BCUT2D eigenvalue weighted by molar-refractivity contribution is 9.10. The van der Waals surface area contributed by atoms with Crippen LogP contribution in [-0.4, -0.2) is 6.04 Å². The summed E-state index contributed by atoms with van der Waals surface area (Å²) in [6.07, 6.45) is 14.6. The number of hydrogen-bond donors (Lipinski definition) is 1. The van der Waals surface area contributed by atoms with Crippen molar-refractivity contribution in [1.29, 1.82) is 0 Å². The smallest absolute Gasteiger partial charge is 0.0382 e. The number of nitrogens with one attached hydrogen (secondary N) is 1. The molecule has 1 aromatic carbocycles. The molecule has 1 nitrogen and oxygen atoms in total. The van der Waals surface area contributed by atoms with Crippen molar-refractivity contribution in [2.45, 2.75) is 37.6 Å². The minimum Gasteiger partial charge on any atom is -0.381 e. The molecule has 0 unspecified atom stereocenters. The highest BCUT2D eigenvalue weighted by Crippen LogP contribution is 2.48. The Bertz CT molecular complexity index is 575. The number of benzene rings is 1. The van der Waals surface area contributed by atoms with Crippen LogP contribution in [0.4, 0.5) is 5.69 Å². The first-order chi connectivity index (χ1) is 9.83. The van der Waals surface area contributed by atoms with Crippen molar-refractivity contribution in [3.63, 3.8) is 0 Å². The second-order valence-electron chi connectivity index (χ2n) is 6.30. The Morgan fingerprint density at radius 1 is 1.10 bits per heavy atom. The van der Waals surface area contributed by atoms with Crippen LogP contribution in [0.1, 0.15) is 37.2 Å². The molecule has 2 heteroatoms. The number of fused-ring (bicyclic) bond motifs is 3. The van der Waals surface area contributed by atoms with Crippen molar-refractivity contribution in [1.82, 2.24) is 0 Å². The summed E-state index contributed by atoms with van der Waals surface area (Å²) in [5, 5.41) is 3.87. The fraction of sp³-hybridized carbons (Fsp3) is 0.444. The summed E-state index contributed by atoms with van der Waals surface area (Å²) in [4.78, 5) is 0. The summed E-state index contributed by atoms with van der Waals surface area (Å²) in [6, 6.07) is 7.33. The first kappa shape index (κ1) is 12.7. The van der Waals surface area contributed by atoms with Crippen LogP contribution in [0.3, 0.4) is 0 Å². The van der Waals surface area contributed by atoms with Crippen LogP contribution in [-0.2, 0) is 0 Å². The van der Waals surface area contributed by atoms with Gasteiger partial charge in [0.15, 0.2) is 0 Å². The lowest BCUT2D eigenvalue weighted by molar-refractivity contribution is 0.294. The van der Waals surface area contributed by atoms with Gasteiger partial charge in [0, 0.05) is 22.1 Å². The normalized spacial score (nSPS) is 34.5. The van der Waals surface area contributed by atoms with E-state index in [9.17, 15) is 0 Å². The van der Waals surface area contributed by atoms with Gasteiger partial charge in [0.25, 0.3) is 0 Å². The molecule has 20 heavy (non-hydrogen) atoms. The lowest BCUT2D eigenvalue weighted by Gasteiger charge is -2.42. The van der Waals surface area contributed by atoms with Gasteiger partial charge in [0.2, 0.25) is 0 Å². The molecule has 0 spiro atoms. The number of halogens is 1. The fourth-order valence-corrected chi connectivity index (χ4v) is 4.59. The fourth-order valence-electron chi connectivity index (χ4n) is 4.21. The standard InChI is InChI=1S/C18H20BrN/c19-13-9-10-17-16(11-13)14-7-4-8-15(14)18(20-17)12-5-2-1-3-6-12/h1-2,4,7,9-12,14-15,18,20H,3,5-6,8H2/t12-,14+,15-,18+/m0/s1. The lowest BCUT2D eigenvalue weighted by Crippen LogP contribution is -2.41. The van der Waals surface area contributed by atoms with E-state index in [1.807, 2.05) is 0 Å². The minimum atomic E-state index is 0.611. The van der Waals surface area contributed by atoms with Gasteiger partial charge in [0.1, 0.15) is 0 Å². The van der Waals surface area contributed by atoms with Crippen LogP contribution in [0.15, 0.2) is 47.0 Å². The Morgan fingerprint density at radius 3 is 2.90 bits per heavy atom. The van der Waals surface area contributed by atoms with Crippen molar-refractivity contribution in [3.05, 3.63) is 52.5 Å². The molecule has 1 heterocycles. The number of anilines is 1. The highest BCUT2D eigenvalue weighted by Gasteiger charge is 2.40. The van der Waals surface area contributed by atoms with Gasteiger partial charge in [-0.1, -0.05) is 40.2 Å². The SMILES string of the molecule is Brc1ccc2c(c1)[C@@H]1C=CC[C@@H]1[C@@H]([C@H]1CC=CCC1)N2. The Kier molecular flexibility index (Phi) is 3.22. The van der Waals surface area contributed by atoms with Crippen LogP contribution in [0.25, 0.3) is 0 Å². The summed E-state index contributed by atoms with van der Waals surface area (Å²) < 4.78 is 1.19. The maximum absolute atomic E-state index is 3.87. The summed E-state index contributed by atoms with van der Waals surface area (Å²) in [6.45, 7) is 0. The van der Waals surface area contributed by atoms with Gasteiger partial charge < -0.3 is 5.32 Å². The molecule has 1 aromatic rings. The minimum absolute atomic E-state index is 0.611. The van der Waals surface area contributed by atoms with Crippen molar-refractivity contribution in [2.24, 2.45) is 11.8 Å². The van der Waals surface area contributed by atoms with E-state index < -0.39 is 0 Å². The molecule has 4 atom stereocenters.